The number of likely N-dealkylation sites (N-methyl/N-ethyl adjacent to an activating group) is 1. The molecule has 3 rings (SSSR count). The molecule has 2 N–H and O–H groups in total. The molecule has 24 heavy (non-hydrogen) atoms. The number of hydrogen-bond acceptors (Lipinski definition) is 3. The van der Waals surface area contributed by atoms with Crippen LogP contribution in [0.4, 0.5) is 5.69 Å². The molecule has 0 radical (unpaired) electrons. The molecule has 5 nitrogen and oxygen atoms in total. The summed E-state index contributed by atoms with van der Waals surface area (Å²) in [5, 5.41) is 10.8. The molecule has 0 spiro atoms. The van der Waals surface area contributed by atoms with E-state index in [-0.39, 0.29) is 5.91 Å². The zero-order valence-electron chi connectivity index (χ0n) is 14.0. The van der Waals surface area contributed by atoms with Crippen LogP contribution in [0.25, 0.3) is 10.9 Å². The summed E-state index contributed by atoms with van der Waals surface area (Å²) in [4.78, 5) is 14.7. The van der Waals surface area contributed by atoms with Gasteiger partial charge in [0.05, 0.1) is 17.3 Å². The van der Waals surface area contributed by atoms with Gasteiger partial charge in [-0.2, -0.15) is 5.10 Å². The third kappa shape index (κ3) is 3.25. The Morgan fingerprint density at radius 1 is 1.21 bits per heavy atom. The highest BCUT2D eigenvalue weighted by molar-refractivity contribution is 6.05. The molecule has 5 heteroatoms. The first kappa shape index (κ1) is 16.1. The van der Waals surface area contributed by atoms with Gasteiger partial charge in [-0.05, 0) is 31.5 Å². The maximum absolute atomic E-state index is 12.5. The van der Waals surface area contributed by atoms with E-state index in [1.807, 2.05) is 30.3 Å². The zero-order chi connectivity index (χ0) is 16.9. The van der Waals surface area contributed by atoms with Gasteiger partial charge >= 0.3 is 0 Å². The average molecular weight is 322 g/mol. The van der Waals surface area contributed by atoms with Crippen LogP contribution in [-0.2, 0) is 0 Å². The van der Waals surface area contributed by atoms with Crippen molar-refractivity contribution in [2.45, 2.75) is 13.8 Å². The Kier molecular flexibility index (Phi) is 4.79. The number of amides is 1. The molecule has 0 bridgehead atoms. The van der Waals surface area contributed by atoms with Crippen LogP contribution < -0.4 is 10.2 Å². The topological polar surface area (TPSA) is 61.0 Å². The molecule has 1 aromatic heterocycles. The van der Waals surface area contributed by atoms with Crippen molar-refractivity contribution in [2.24, 2.45) is 0 Å². The van der Waals surface area contributed by atoms with Gasteiger partial charge < -0.3 is 10.2 Å². The van der Waals surface area contributed by atoms with Crippen molar-refractivity contribution in [2.75, 3.05) is 24.5 Å². The Morgan fingerprint density at radius 3 is 2.83 bits per heavy atom. The maximum Gasteiger partial charge on any atom is 0.253 e. The molecule has 0 fully saturated rings. The van der Waals surface area contributed by atoms with E-state index < -0.39 is 0 Å². The smallest absolute Gasteiger partial charge is 0.253 e. The lowest BCUT2D eigenvalue weighted by Gasteiger charge is -2.25. The van der Waals surface area contributed by atoms with Crippen molar-refractivity contribution in [3.63, 3.8) is 0 Å². The predicted molar refractivity (Wildman–Crippen MR) is 97.5 cm³/mol. The van der Waals surface area contributed by atoms with Crippen LogP contribution in [0.15, 0.2) is 48.7 Å². The number of aromatic nitrogens is 2. The minimum atomic E-state index is -0.0781. The molecule has 124 valence electrons. The quantitative estimate of drug-likeness (QED) is 0.733. The molecular weight excluding hydrogens is 300 g/mol. The number of fused-ring (bicyclic) bond motifs is 1. The third-order valence-electron chi connectivity index (χ3n) is 4.23. The SMILES string of the molecule is CCN(CCNC(=O)c1cccc2cn[nH]c12)c1ccccc1C. The summed E-state index contributed by atoms with van der Waals surface area (Å²) in [5.41, 5.74) is 3.86. The first-order chi connectivity index (χ1) is 11.7. The van der Waals surface area contributed by atoms with Crippen LogP contribution in [0, 0.1) is 6.92 Å². The molecule has 0 aliphatic carbocycles. The van der Waals surface area contributed by atoms with E-state index in [4.69, 9.17) is 0 Å². The minimum Gasteiger partial charge on any atom is -0.370 e. The van der Waals surface area contributed by atoms with E-state index >= 15 is 0 Å². The number of aromatic amines is 1. The number of carbonyl (C=O) groups is 1. The number of para-hydroxylation sites is 2. The van der Waals surface area contributed by atoms with Crippen molar-refractivity contribution in [3.05, 3.63) is 59.8 Å². The van der Waals surface area contributed by atoms with Gasteiger partial charge in [0.25, 0.3) is 5.91 Å². The van der Waals surface area contributed by atoms with E-state index in [1.165, 1.54) is 11.3 Å². The normalized spacial score (nSPS) is 10.8. The van der Waals surface area contributed by atoms with E-state index in [0.29, 0.717) is 12.1 Å². The van der Waals surface area contributed by atoms with Gasteiger partial charge in [-0.3, -0.25) is 9.89 Å². The second-order valence-corrected chi connectivity index (χ2v) is 5.76. The van der Waals surface area contributed by atoms with Gasteiger partial charge in [0.15, 0.2) is 0 Å². The summed E-state index contributed by atoms with van der Waals surface area (Å²) in [5.74, 6) is -0.0781. The monoisotopic (exact) mass is 322 g/mol. The molecule has 1 heterocycles. The molecule has 0 saturated carbocycles. The van der Waals surface area contributed by atoms with Crippen molar-refractivity contribution < 1.29 is 4.79 Å². The molecule has 2 aromatic carbocycles. The number of aryl methyl sites for hydroxylation is 1. The van der Waals surface area contributed by atoms with Crippen LogP contribution in [0.2, 0.25) is 0 Å². The van der Waals surface area contributed by atoms with Crippen molar-refractivity contribution in [1.82, 2.24) is 15.5 Å². The van der Waals surface area contributed by atoms with E-state index in [0.717, 1.165) is 24.0 Å². The van der Waals surface area contributed by atoms with E-state index in [1.54, 1.807) is 6.20 Å². The molecule has 0 aliphatic heterocycles. The third-order valence-corrected chi connectivity index (χ3v) is 4.23. The van der Waals surface area contributed by atoms with Crippen molar-refractivity contribution >= 4 is 22.5 Å². The highest BCUT2D eigenvalue weighted by atomic mass is 16.1. The maximum atomic E-state index is 12.5. The summed E-state index contributed by atoms with van der Waals surface area (Å²) in [6.07, 6.45) is 1.73. The predicted octanol–water partition coefficient (Wildman–Crippen LogP) is 3.13. The Morgan fingerprint density at radius 2 is 2.04 bits per heavy atom. The number of hydrogen-bond donors (Lipinski definition) is 2. The van der Waals surface area contributed by atoms with Gasteiger partial charge in [-0.15, -0.1) is 0 Å². The molecular formula is C19H22N4O. The number of H-pyrrole nitrogens is 1. The Hall–Kier alpha value is -2.82. The fraction of sp³-hybridized carbons (Fsp3) is 0.263. The number of carbonyl (C=O) groups excluding carboxylic acids is 1. The number of anilines is 1. The van der Waals surface area contributed by atoms with Gasteiger partial charge in [0.1, 0.15) is 0 Å². The van der Waals surface area contributed by atoms with Gasteiger partial charge in [0.2, 0.25) is 0 Å². The standard InChI is InChI=1S/C19H22N4O/c1-3-23(17-10-5-4-7-14(17)2)12-11-20-19(24)16-9-6-8-15-13-21-22-18(15)16/h4-10,13H,3,11-12H2,1-2H3,(H,20,24)(H,21,22). The van der Waals surface area contributed by atoms with Crippen LogP contribution in [0.1, 0.15) is 22.8 Å². The highest BCUT2D eigenvalue weighted by Crippen LogP contribution is 2.19. The number of rotatable bonds is 6. The summed E-state index contributed by atoms with van der Waals surface area (Å²) < 4.78 is 0. The Bertz CT molecular complexity index is 840. The number of nitrogens with one attached hydrogen (secondary N) is 2. The lowest BCUT2D eigenvalue weighted by Crippen LogP contribution is -2.35. The summed E-state index contributed by atoms with van der Waals surface area (Å²) in [6, 6.07) is 13.9. The van der Waals surface area contributed by atoms with Crippen LogP contribution >= 0.6 is 0 Å². The molecule has 1 amide bonds. The van der Waals surface area contributed by atoms with Crippen molar-refractivity contribution in [3.8, 4) is 0 Å². The van der Waals surface area contributed by atoms with Crippen molar-refractivity contribution in [1.29, 1.82) is 0 Å². The van der Waals surface area contributed by atoms with Crippen LogP contribution in [-0.4, -0.2) is 35.7 Å². The van der Waals surface area contributed by atoms with Gasteiger partial charge in [-0.25, -0.2) is 0 Å². The summed E-state index contributed by atoms with van der Waals surface area (Å²) >= 11 is 0. The largest absolute Gasteiger partial charge is 0.370 e. The van der Waals surface area contributed by atoms with Crippen LogP contribution in [0.5, 0.6) is 0 Å². The lowest BCUT2D eigenvalue weighted by molar-refractivity contribution is 0.0956. The Balaban J connectivity index is 1.64. The van der Waals surface area contributed by atoms with Crippen LogP contribution in [0.3, 0.4) is 0 Å². The van der Waals surface area contributed by atoms with E-state index in [9.17, 15) is 4.79 Å². The highest BCUT2D eigenvalue weighted by Gasteiger charge is 2.12. The number of nitrogens with zero attached hydrogens (tertiary/aromatic N) is 2. The molecule has 0 saturated heterocycles. The second-order valence-electron chi connectivity index (χ2n) is 5.76. The Labute approximate surface area is 141 Å². The first-order valence-electron chi connectivity index (χ1n) is 8.21. The molecule has 0 atom stereocenters. The summed E-state index contributed by atoms with van der Waals surface area (Å²) in [7, 11) is 0. The molecule has 0 unspecified atom stereocenters. The molecule has 0 aliphatic rings. The fourth-order valence-electron chi connectivity index (χ4n) is 2.92. The average Bonchev–Trinajstić information content (AvgIpc) is 3.08. The van der Waals surface area contributed by atoms with Gasteiger partial charge in [0, 0.05) is 30.7 Å². The minimum absolute atomic E-state index is 0.0781. The zero-order valence-corrected chi connectivity index (χ0v) is 14.0. The summed E-state index contributed by atoms with van der Waals surface area (Å²) in [6.45, 7) is 6.49. The number of benzene rings is 2. The van der Waals surface area contributed by atoms with E-state index in [2.05, 4.69) is 46.4 Å². The first-order valence-corrected chi connectivity index (χ1v) is 8.21. The molecule has 3 aromatic rings. The van der Waals surface area contributed by atoms with Gasteiger partial charge in [-0.1, -0.05) is 30.3 Å². The fourth-order valence-corrected chi connectivity index (χ4v) is 2.92. The lowest BCUT2D eigenvalue weighted by atomic mass is 10.1. The second kappa shape index (κ2) is 7.17.